The topological polar surface area (TPSA) is 84.7 Å². The smallest absolute Gasteiger partial charge is 0.341 e. The molecule has 1 aliphatic rings. The lowest BCUT2D eigenvalue weighted by molar-refractivity contribution is 0.0695. The lowest BCUT2D eigenvalue weighted by atomic mass is 10.1. The standard InChI is InChI=1S/C27H24FN3O4/c1-17-9-10-29-25(12-17)35-16-19-8-5-11-30(19)24-14-23-20(13-22(24)28)26(32)21(27(33)34)15-31(23)18-6-3-2-4-7-18/h2-4,6-7,9-10,12-15,19H,5,8,11,16H2,1H3,(H,33,34)/t19-/m1/s1. The van der Waals surface area contributed by atoms with Crippen molar-refractivity contribution in [2.24, 2.45) is 0 Å². The number of aromatic nitrogens is 2. The second-order valence-corrected chi connectivity index (χ2v) is 8.68. The van der Waals surface area contributed by atoms with Crippen molar-refractivity contribution in [3.8, 4) is 11.6 Å². The minimum absolute atomic E-state index is 0.0194. The summed E-state index contributed by atoms with van der Waals surface area (Å²) in [5.74, 6) is -1.40. The largest absolute Gasteiger partial charge is 0.477 e. The number of para-hydroxylation sites is 1. The Labute approximate surface area is 201 Å². The van der Waals surface area contributed by atoms with Gasteiger partial charge in [-0.05, 0) is 55.7 Å². The molecular weight excluding hydrogens is 449 g/mol. The Morgan fingerprint density at radius 1 is 1.20 bits per heavy atom. The van der Waals surface area contributed by atoms with E-state index >= 15 is 4.39 Å². The minimum Gasteiger partial charge on any atom is -0.477 e. The van der Waals surface area contributed by atoms with Gasteiger partial charge in [-0.3, -0.25) is 4.79 Å². The summed E-state index contributed by atoms with van der Waals surface area (Å²) in [6.45, 7) is 2.95. The van der Waals surface area contributed by atoms with E-state index in [4.69, 9.17) is 4.74 Å². The first-order valence-electron chi connectivity index (χ1n) is 11.4. The Morgan fingerprint density at radius 2 is 2.00 bits per heavy atom. The molecule has 1 atom stereocenters. The van der Waals surface area contributed by atoms with E-state index in [2.05, 4.69) is 4.98 Å². The first-order valence-corrected chi connectivity index (χ1v) is 11.4. The summed E-state index contributed by atoms with van der Waals surface area (Å²) in [7, 11) is 0. The second-order valence-electron chi connectivity index (χ2n) is 8.68. The SMILES string of the molecule is Cc1ccnc(OC[C@H]2CCCN2c2cc3c(cc2F)c(=O)c(C(=O)O)cn3-c2ccccc2)c1. The number of carbonyl (C=O) groups is 1. The number of fused-ring (bicyclic) bond motifs is 1. The number of rotatable bonds is 6. The van der Waals surface area contributed by atoms with E-state index in [9.17, 15) is 14.7 Å². The fourth-order valence-electron chi connectivity index (χ4n) is 4.60. The minimum atomic E-state index is -1.35. The lowest BCUT2D eigenvalue weighted by Gasteiger charge is -2.27. The molecule has 8 heteroatoms. The lowest BCUT2D eigenvalue weighted by Crippen LogP contribution is -2.35. The van der Waals surface area contributed by atoms with Crippen molar-refractivity contribution >= 4 is 22.6 Å². The number of hydrogen-bond acceptors (Lipinski definition) is 5. The van der Waals surface area contributed by atoms with Crippen LogP contribution in [0.1, 0.15) is 28.8 Å². The number of nitrogens with zero attached hydrogens (tertiary/aromatic N) is 3. The van der Waals surface area contributed by atoms with Crippen LogP contribution in [0.5, 0.6) is 5.88 Å². The summed E-state index contributed by atoms with van der Waals surface area (Å²) in [5, 5.41) is 9.58. The van der Waals surface area contributed by atoms with Crippen molar-refractivity contribution in [1.29, 1.82) is 0 Å². The summed E-state index contributed by atoms with van der Waals surface area (Å²) in [4.78, 5) is 30.8. The molecule has 1 aliphatic heterocycles. The van der Waals surface area contributed by atoms with E-state index in [1.807, 2.05) is 42.2 Å². The molecule has 35 heavy (non-hydrogen) atoms. The Morgan fingerprint density at radius 3 is 2.74 bits per heavy atom. The molecule has 0 spiro atoms. The summed E-state index contributed by atoms with van der Waals surface area (Å²) in [5.41, 5.74) is 1.38. The number of anilines is 1. The normalized spacial score (nSPS) is 15.5. The van der Waals surface area contributed by atoms with Gasteiger partial charge in [0.25, 0.3) is 0 Å². The molecule has 2 aromatic heterocycles. The number of ether oxygens (including phenoxy) is 1. The molecule has 3 heterocycles. The highest BCUT2D eigenvalue weighted by Gasteiger charge is 2.29. The molecule has 1 N–H and O–H groups in total. The number of benzene rings is 2. The van der Waals surface area contributed by atoms with E-state index in [1.165, 1.54) is 6.20 Å². The van der Waals surface area contributed by atoms with Gasteiger partial charge in [-0.25, -0.2) is 14.2 Å². The molecule has 0 bridgehead atoms. The van der Waals surface area contributed by atoms with Crippen molar-refractivity contribution < 1.29 is 19.0 Å². The highest BCUT2D eigenvalue weighted by Crippen LogP contribution is 2.32. The van der Waals surface area contributed by atoms with Gasteiger partial charge in [-0.1, -0.05) is 18.2 Å². The third-order valence-corrected chi connectivity index (χ3v) is 6.34. The maximum atomic E-state index is 15.4. The van der Waals surface area contributed by atoms with Crippen LogP contribution in [-0.2, 0) is 0 Å². The van der Waals surface area contributed by atoms with Crippen molar-refractivity contribution in [2.45, 2.75) is 25.8 Å². The molecule has 2 aromatic carbocycles. The Kier molecular flexibility index (Phi) is 5.94. The van der Waals surface area contributed by atoms with Crippen molar-refractivity contribution in [3.63, 3.8) is 0 Å². The zero-order chi connectivity index (χ0) is 24.5. The van der Waals surface area contributed by atoms with Gasteiger partial charge in [0.2, 0.25) is 11.3 Å². The van der Waals surface area contributed by atoms with Crippen LogP contribution in [0.15, 0.2) is 71.8 Å². The average Bonchev–Trinajstić information content (AvgIpc) is 3.32. The van der Waals surface area contributed by atoms with Gasteiger partial charge < -0.3 is 19.3 Å². The van der Waals surface area contributed by atoms with Crippen LogP contribution in [0.2, 0.25) is 0 Å². The molecule has 0 amide bonds. The monoisotopic (exact) mass is 473 g/mol. The van der Waals surface area contributed by atoms with Crippen molar-refractivity contribution in [3.05, 3.63) is 94.2 Å². The molecule has 0 unspecified atom stereocenters. The molecule has 0 saturated carbocycles. The Bertz CT molecular complexity index is 1470. The fourth-order valence-corrected chi connectivity index (χ4v) is 4.60. The van der Waals surface area contributed by atoms with Crippen LogP contribution in [-0.4, -0.2) is 39.8 Å². The number of aromatic carboxylic acids is 1. The highest BCUT2D eigenvalue weighted by molar-refractivity contribution is 5.94. The fraction of sp³-hybridized carbons (Fsp3) is 0.222. The highest BCUT2D eigenvalue weighted by atomic mass is 19.1. The third-order valence-electron chi connectivity index (χ3n) is 6.34. The van der Waals surface area contributed by atoms with Crippen LogP contribution >= 0.6 is 0 Å². The first kappa shape index (κ1) is 22.6. The van der Waals surface area contributed by atoms with Gasteiger partial charge in [-0.2, -0.15) is 0 Å². The number of aryl methyl sites for hydroxylation is 1. The third kappa shape index (κ3) is 4.35. The predicted molar refractivity (Wildman–Crippen MR) is 131 cm³/mol. The van der Waals surface area contributed by atoms with E-state index in [0.717, 1.165) is 24.5 Å². The molecule has 1 saturated heterocycles. The average molecular weight is 474 g/mol. The van der Waals surface area contributed by atoms with Gasteiger partial charge in [0.15, 0.2) is 0 Å². The molecule has 0 radical (unpaired) electrons. The summed E-state index contributed by atoms with van der Waals surface area (Å²) < 4.78 is 23.0. The summed E-state index contributed by atoms with van der Waals surface area (Å²) in [6.07, 6.45) is 4.69. The molecule has 7 nitrogen and oxygen atoms in total. The van der Waals surface area contributed by atoms with Crippen LogP contribution < -0.4 is 15.1 Å². The number of halogens is 1. The number of pyridine rings is 2. The van der Waals surface area contributed by atoms with Gasteiger partial charge in [-0.15, -0.1) is 0 Å². The van der Waals surface area contributed by atoms with Gasteiger partial charge >= 0.3 is 5.97 Å². The molecule has 5 rings (SSSR count). The van der Waals surface area contributed by atoms with Crippen LogP contribution in [0.3, 0.4) is 0 Å². The molecule has 0 aliphatic carbocycles. The van der Waals surface area contributed by atoms with Crippen molar-refractivity contribution in [1.82, 2.24) is 9.55 Å². The predicted octanol–water partition coefficient (Wildman–Crippen LogP) is 4.58. The maximum Gasteiger partial charge on any atom is 0.341 e. The molecular formula is C27H24FN3O4. The number of carboxylic acids is 1. The number of carboxylic acid groups (broad SMARTS) is 1. The van der Waals surface area contributed by atoms with Gasteiger partial charge in [0, 0.05) is 36.1 Å². The Hall–Kier alpha value is -4.20. The summed E-state index contributed by atoms with van der Waals surface area (Å²) in [6, 6.07) is 15.5. The van der Waals surface area contributed by atoms with Crippen LogP contribution in [0.4, 0.5) is 10.1 Å². The molecule has 4 aromatic rings. The zero-order valence-electron chi connectivity index (χ0n) is 19.1. The van der Waals surface area contributed by atoms with Crippen LogP contribution in [0, 0.1) is 12.7 Å². The Balaban J connectivity index is 1.58. The van der Waals surface area contributed by atoms with E-state index < -0.39 is 22.8 Å². The molecule has 1 fully saturated rings. The second kappa shape index (κ2) is 9.21. The quantitative estimate of drug-likeness (QED) is 0.441. The van der Waals surface area contributed by atoms with E-state index in [-0.39, 0.29) is 11.4 Å². The summed E-state index contributed by atoms with van der Waals surface area (Å²) >= 11 is 0. The van der Waals surface area contributed by atoms with E-state index in [1.54, 1.807) is 29.0 Å². The van der Waals surface area contributed by atoms with Gasteiger partial charge in [0.05, 0.1) is 17.2 Å². The van der Waals surface area contributed by atoms with Gasteiger partial charge in [0.1, 0.15) is 18.0 Å². The zero-order valence-corrected chi connectivity index (χ0v) is 19.1. The van der Waals surface area contributed by atoms with Crippen molar-refractivity contribution in [2.75, 3.05) is 18.1 Å². The van der Waals surface area contributed by atoms with E-state index in [0.29, 0.717) is 35.9 Å². The molecule has 178 valence electrons. The maximum absolute atomic E-state index is 15.4. The number of hydrogen-bond donors (Lipinski definition) is 1. The first-order chi connectivity index (χ1) is 16.9. The van der Waals surface area contributed by atoms with Crippen LogP contribution in [0.25, 0.3) is 16.6 Å².